The van der Waals surface area contributed by atoms with Crippen LogP contribution in [-0.2, 0) is 9.59 Å². The fourth-order valence-electron chi connectivity index (χ4n) is 1.13. The molecule has 0 aliphatic carbocycles. The Kier molecular flexibility index (Phi) is 3.99. The van der Waals surface area contributed by atoms with Crippen LogP contribution in [0.3, 0.4) is 0 Å². The number of carbonyl (C=O) groups excluding carboxylic acids is 2. The Morgan fingerprint density at radius 1 is 1.42 bits per heavy atom. The van der Waals surface area contributed by atoms with Gasteiger partial charge in [-0.2, -0.15) is 0 Å². The van der Waals surface area contributed by atoms with Gasteiger partial charge in [0.05, 0.1) is 0 Å². The molecule has 70 valence electrons. The Morgan fingerprint density at radius 2 is 2.00 bits per heavy atom. The molecule has 12 heavy (non-hydrogen) atoms. The summed E-state index contributed by atoms with van der Waals surface area (Å²) in [4.78, 5) is 22.7. The number of amides is 2. The van der Waals surface area contributed by atoms with Gasteiger partial charge in [0.15, 0.2) is 0 Å². The van der Waals surface area contributed by atoms with Gasteiger partial charge in [0, 0.05) is 19.1 Å². The molecule has 1 fully saturated rings. The van der Waals surface area contributed by atoms with Crippen molar-refractivity contribution >= 4 is 24.2 Å². The molecule has 6 heteroatoms. The molecule has 0 aromatic rings. The van der Waals surface area contributed by atoms with Crippen LogP contribution in [0.5, 0.6) is 0 Å². The van der Waals surface area contributed by atoms with Gasteiger partial charge in [-0.15, -0.1) is 12.4 Å². The van der Waals surface area contributed by atoms with E-state index in [-0.39, 0.29) is 18.4 Å². The minimum atomic E-state index is -0.904. The maximum atomic E-state index is 10.9. The third-order valence-electron chi connectivity index (χ3n) is 1.72. The Morgan fingerprint density at radius 3 is 2.33 bits per heavy atom. The highest BCUT2D eigenvalue weighted by Crippen LogP contribution is 2.05. The lowest BCUT2D eigenvalue weighted by Gasteiger charge is -2.12. The second kappa shape index (κ2) is 4.27. The summed E-state index contributed by atoms with van der Waals surface area (Å²) in [6.07, 6.45) is 0.749. The quantitative estimate of drug-likeness (QED) is 0.457. The largest absolute Gasteiger partial charge is 0.361 e. The molecule has 4 N–H and O–H groups in total. The first-order valence-electron chi connectivity index (χ1n) is 3.45. The van der Waals surface area contributed by atoms with Crippen LogP contribution in [-0.4, -0.2) is 35.8 Å². The summed E-state index contributed by atoms with van der Waals surface area (Å²) >= 11 is 0. The zero-order chi connectivity index (χ0) is 8.43. The summed E-state index contributed by atoms with van der Waals surface area (Å²) in [5, 5.41) is 0. The Balaban J connectivity index is 0.00000121. The standard InChI is InChI=1S/C6H11N3O2.ClH/c7-4-1-2-9(3-4)6(11)5(8)10;/h4H,1-3,7H2,(H2,8,10);1H/t4-;/m0./s1. The second-order valence-electron chi connectivity index (χ2n) is 2.66. The van der Waals surface area contributed by atoms with Crippen LogP contribution in [0.2, 0.25) is 0 Å². The summed E-state index contributed by atoms with van der Waals surface area (Å²) in [6.45, 7) is 0.991. The molecular formula is C6H12ClN3O2. The average Bonchev–Trinajstić information content (AvgIpc) is 2.34. The van der Waals surface area contributed by atoms with E-state index in [9.17, 15) is 9.59 Å². The summed E-state index contributed by atoms with van der Waals surface area (Å²) in [6, 6.07) is -0.00157. The van der Waals surface area contributed by atoms with E-state index in [1.807, 2.05) is 0 Å². The first kappa shape index (κ1) is 11.2. The van der Waals surface area contributed by atoms with Crippen LogP contribution in [0.15, 0.2) is 0 Å². The number of primary amides is 1. The molecule has 0 saturated carbocycles. The zero-order valence-electron chi connectivity index (χ0n) is 6.53. The molecule has 1 saturated heterocycles. The average molecular weight is 194 g/mol. The highest BCUT2D eigenvalue weighted by Gasteiger charge is 2.26. The first-order valence-corrected chi connectivity index (χ1v) is 3.45. The highest BCUT2D eigenvalue weighted by molar-refractivity contribution is 6.34. The van der Waals surface area contributed by atoms with E-state index in [0.29, 0.717) is 13.1 Å². The lowest BCUT2D eigenvalue weighted by Crippen LogP contribution is -2.40. The normalized spacial score (nSPS) is 21.8. The third-order valence-corrected chi connectivity index (χ3v) is 1.72. The molecule has 0 aromatic carbocycles. The molecule has 0 radical (unpaired) electrons. The van der Waals surface area contributed by atoms with Gasteiger partial charge in [0.25, 0.3) is 0 Å². The highest BCUT2D eigenvalue weighted by atomic mass is 35.5. The van der Waals surface area contributed by atoms with Gasteiger partial charge in [-0.1, -0.05) is 0 Å². The number of hydrogen-bond donors (Lipinski definition) is 2. The lowest BCUT2D eigenvalue weighted by molar-refractivity contribution is -0.143. The monoisotopic (exact) mass is 193 g/mol. The Bertz CT molecular complexity index is 197. The molecule has 1 aliphatic rings. The smallest absolute Gasteiger partial charge is 0.311 e. The molecule has 0 aromatic heterocycles. The van der Waals surface area contributed by atoms with Crippen LogP contribution >= 0.6 is 12.4 Å². The van der Waals surface area contributed by atoms with Crippen molar-refractivity contribution in [2.45, 2.75) is 12.5 Å². The number of carbonyl (C=O) groups is 2. The summed E-state index contributed by atoms with van der Waals surface area (Å²) in [5.41, 5.74) is 10.3. The summed E-state index contributed by atoms with van der Waals surface area (Å²) in [7, 11) is 0. The number of nitrogens with zero attached hydrogens (tertiary/aromatic N) is 1. The van der Waals surface area contributed by atoms with Gasteiger partial charge < -0.3 is 16.4 Å². The minimum absolute atomic E-state index is 0. The Hall–Kier alpha value is -0.810. The molecular weight excluding hydrogens is 182 g/mol. The van der Waals surface area contributed by atoms with Crippen LogP contribution in [0.4, 0.5) is 0 Å². The van der Waals surface area contributed by atoms with Gasteiger partial charge >= 0.3 is 11.8 Å². The molecule has 1 rings (SSSR count). The van der Waals surface area contributed by atoms with Crippen molar-refractivity contribution < 1.29 is 9.59 Å². The third kappa shape index (κ3) is 2.35. The van der Waals surface area contributed by atoms with Crippen molar-refractivity contribution in [3.8, 4) is 0 Å². The fourth-order valence-corrected chi connectivity index (χ4v) is 1.13. The van der Waals surface area contributed by atoms with Gasteiger partial charge in [0.1, 0.15) is 0 Å². The van der Waals surface area contributed by atoms with Gasteiger partial charge in [0.2, 0.25) is 0 Å². The zero-order valence-corrected chi connectivity index (χ0v) is 7.34. The molecule has 5 nitrogen and oxygen atoms in total. The number of nitrogens with two attached hydrogens (primary N) is 2. The van der Waals surface area contributed by atoms with Gasteiger partial charge in [-0.25, -0.2) is 0 Å². The number of rotatable bonds is 0. The molecule has 1 aliphatic heterocycles. The number of likely N-dealkylation sites (tertiary alicyclic amines) is 1. The Labute approximate surface area is 76.5 Å². The molecule has 1 atom stereocenters. The topological polar surface area (TPSA) is 89.4 Å². The minimum Gasteiger partial charge on any atom is -0.361 e. The molecule has 0 unspecified atom stereocenters. The van der Waals surface area contributed by atoms with Crippen LogP contribution in [0.1, 0.15) is 6.42 Å². The maximum Gasteiger partial charge on any atom is 0.311 e. The van der Waals surface area contributed by atoms with Crippen molar-refractivity contribution in [1.29, 1.82) is 0 Å². The van der Waals surface area contributed by atoms with E-state index in [1.54, 1.807) is 0 Å². The summed E-state index contributed by atoms with van der Waals surface area (Å²) < 4.78 is 0. The van der Waals surface area contributed by atoms with E-state index in [4.69, 9.17) is 11.5 Å². The predicted octanol–water partition coefficient (Wildman–Crippen LogP) is -1.55. The van der Waals surface area contributed by atoms with Gasteiger partial charge in [-0.3, -0.25) is 9.59 Å². The lowest BCUT2D eigenvalue weighted by atomic mass is 10.3. The number of hydrogen-bond acceptors (Lipinski definition) is 3. The molecule has 2 amide bonds. The first-order chi connectivity index (χ1) is 5.11. The van der Waals surface area contributed by atoms with E-state index >= 15 is 0 Å². The second-order valence-corrected chi connectivity index (χ2v) is 2.66. The van der Waals surface area contributed by atoms with Crippen LogP contribution < -0.4 is 11.5 Å². The van der Waals surface area contributed by atoms with Crippen LogP contribution in [0.25, 0.3) is 0 Å². The van der Waals surface area contributed by atoms with Crippen molar-refractivity contribution in [2.75, 3.05) is 13.1 Å². The predicted molar refractivity (Wildman–Crippen MR) is 45.6 cm³/mol. The van der Waals surface area contributed by atoms with Crippen LogP contribution in [0, 0.1) is 0 Å². The SMILES string of the molecule is Cl.NC(=O)C(=O)N1CC[C@H](N)C1. The van der Waals surface area contributed by atoms with Crippen molar-refractivity contribution in [1.82, 2.24) is 4.90 Å². The van der Waals surface area contributed by atoms with E-state index in [1.165, 1.54) is 4.90 Å². The van der Waals surface area contributed by atoms with Crippen molar-refractivity contribution in [2.24, 2.45) is 11.5 Å². The van der Waals surface area contributed by atoms with E-state index in [0.717, 1.165) is 6.42 Å². The van der Waals surface area contributed by atoms with Gasteiger partial charge in [-0.05, 0) is 6.42 Å². The molecule has 1 heterocycles. The summed E-state index contributed by atoms with van der Waals surface area (Å²) in [5.74, 6) is -1.53. The van der Waals surface area contributed by atoms with E-state index < -0.39 is 11.8 Å². The maximum absolute atomic E-state index is 10.9. The molecule has 0 bridgehead atoms. The van der Waals surface area contributed by atoms with E-state index in [2.05, 4.69) is 0 Å². The fraction of sp³-hybridized carbons (Fsp3) is 0.667. The van der Waals surface area contributed by atoms with Crippen molar-refractivity contribution in [3.05, 3.63) is 0 Å². The van der Waals surface area contributed by atoms with Crippen molar-refractivity contribution in [3.63, 3.8) is 0 Å². The number of halogens is 1. The molecule has 0 spiro atoms.